The molecule has 0 bridgehead atoms. The first-order valence-corrected chi connectivity index (χ1v) is 7.66. The Morgan fingerprint density at radius 3 is 2.50 bits per heavy atom. The summed E-state index contributed by atoms with van der Waals surface area (Å²) in [6, 6.07) is 6.95. The van der Waals surface area contributed by atoms with Crippen LogP contribution in [0.5, 0.6) is 0 Å². The summed E-state index contributed by atoms with van der Waals surface area (Å²) in [6.07, 6.45) is 0. The second-order valence-electron chi connectivity index (χ2n) is 5.25. The zero-order valence-corrected chi connectivity index (χ0v) is 13.6. The normalized spacial score (nSPS) is 17.0. The van der Waals surface area contributed by atoms with Crippen LogP contribution in [0.25, 0.3) is 0 Å². The van der Waals surface area contributed by atoms with Crippen molar-refractivity contribution >= 4 is 29.2 Å². The lowest BCUT2D eigenvalue weighted by molar-refractivity contribution is -0.124. The van der Waals surface area contributed by atoms with Crippen molar-refractivity contribution in [3.05, 3.63) is 29.3 Å². The molecule has 1 atom stereocenters. The van der Waals surface area contributed by atoms with Crippen LogP contribution in [0, 0.1) is 0 Å². The number of benzene rings is 1. The highest BCUT2D eigenvalue weighted by atomic mass is 35.5. The summed E-state index contributed by atoms with van der Waals surface area (Å²) in [5.41, 5.74) is 1.09. The lowest BCUT2D eigenvalue weighted by Crippen LogP contribution is -2.55. The molecule has 0 saturated carbocycles. The highest BCUT2D eigenvalue weighted by Crippen LogP contribution is 2.21. The number of piperazine rings is 1. The summed E-state index contributed by atoms with van der Waals surface area (Å²) in [7, 11) is 1.48. The molecule has 1 fully saturated rings. The van der Waals surface area contributed by atoms with Crippen LogP contribution in [0.4, 0.5) is 10.5 Å². The molecule has 2 rings (SSSR count). The topological polar surface area (TPSA) is 64.7 Å². The number of nitrogens with one attached hydrogen (secondary N) is 2. The molecule has 0 radical (unpaired) electrons. The quantitative estimate of drug-likeness (QED) is 0.880. The fraction of sp³-hybridized carbons (Fsp3) is 0.467. The fourth-order valence-corrected chi connectivity index (χ4v) is 2.67. The molecule has 7 heteroatoms. The molecule has 1 aliphatic heterocycles. The molecule has 1 heterocycles. The van der Waals surface area contributed by atoms with Gasteiger partial charge in [0.1, 0.15) is 0 Å². The zero-order chi connectivity index (χ0) is 16.1. The van der Waals surface area contributed by atoms with Gasteiger partial charge in [0, 0.05) is 43.9 Å². The van der Waals surface area contributed by atoms with E-state index < -0.39 is 6.03 Å². The van der Waals surface area contributed by atoms with E-state index >= 15 is 0 Å². The Kier molecular flexibility index (Phi) is 5.63. The highest BCUT2D eigenvalue weighted by Gasteiger charge is 2.26. The number of carbonyl (C=O) groups is 2. The Hall–Kier alpha value is -1.79. The van der Waals surface area contributed by atoms with Crippen molar-refractivity contribution in [2.24, 2.45) is 0 Å². The van der Waals surface area contributed by atoms with Crippen molar-refractivity contribution in [1.29, 1.82) is 0 Å². The monoisotopic (exact) mass is 324 g/mol. The molecular weight excluding hydrogens is 304 g/mol. The Bertz CT molecular complexity index is 544. The molecule has 0 aliphatic carbocycles. The SMILES string of the molecule is CNC(=O)NC(=O)[C@H](C)N1CCN(c2cccc(Cl)c2)CC1. The van der Waals surface area contributed by atoms with E-state index in [0.29, 0.717) is 0 Å². The molecule has 6 nitrogen and oxygen atoms in total. The van der Waals surface area contributed by atoms with Gasteiger partial charge in [0.25, 0.3) is 0 Å². The van der Waals surface area contributed by atoms with Gasteiger partial charge in [0.05, 0.1) is 6.04 Å². The maximum absolute atomic E-state index is 12.0. The van der Waals surface area contributed by atoms with Gasteiger partial charge in [-0.2, -0.15) is 0 Å². The van der Waals surface area contributed by atoms with E-state index in [1.54, 1.807) is 0 Å². The van der Waals surface area contributed by atoms with Crippen molar-refractivity contribution in [3.8, 4) is 0 Å². The lowest BCUT2D eigenvalue weighted by Gasteiger charge is -2.38. The van der Waals surface area contributed by atoms with Crippen molar-refractivity contribution < 1.29 is 9.59 Å². The third kappa shape index (κ3) is 4.11. The van der Waals surface area contributed by atoms with E-state index in [-0.39, 0.29) is 11.9 Å². The minimum absolute atomic E-state index is 0.282. The summed E-state index contributed by atoms with van der Waals surface area (Å²) >= 11 is 6.02. The van der Waals surface area contributed by atoms with Crippen molar-refractivity contribution in [3.63, 3.8) is 0 Å². The first-order valence-electron chi connectivity index (χ1n) is 7.28. The van der Waals surface area contributed by atoms with Gasteiger partial charge >= 0.3 is 6.03 Å². The Morgan fingerprint density at radius 2 is 1.91 bits per heavy atom. The smallest absolute Gasteiger partial charge is 0.321 e. The second kappa shape index (κ2) is 7.47. The van der Waals surface area contributed by atoms with Gasteiger partial charge in [0.15, 0.2) is 0 Å². The average molecular weight is 325 g/mol. The number of hydrogen-bond acceptors (Lipinski definition) is 4. The van der Waals surface area contributed by atoms with E-state index in [0.717, 1.165) is 36.9 Å². The number of anilines is 1. The summed E-state index contributed by atoms with van der Waals surface area (Å²) in [4.78, 5) is 27.5. The lowest BCUT2D eigenvalue weighted by atomic mass is 10.2. The number of carbonyl (C=O) groups excluding carboxylic acids is 2. The van der Waals surface area contributed by atoms with Gasteiger partial charge in [0.2, 0.25) is 5.91 Å². The van der Waals surface area contributed by atoms with Crippen LogP contribution >= 0.6 is 11.6 Å². The number of nitrogens with zero attached hydrogens (tertiary/aromatic N) is 2. The Labute approximate surface area is 135 Å². The number of hydrogen-bond donors (Lipinski definition) is 2. The van der Waals surface area contributed by atoms with Gasteiger partial charge in [-0.3, -0.25) is 15.0 Å². The van der Waals surface area contributed by atoms with Crippen LogP contribution in [-0.4, -0.2) is 56.1 Å². The number of urea groups is 1. The van der Waals surface area contributed by atoms with Crippen LogP contribution in [0.2, 0.25) is 5.02 Å². The third-order valence-electron chi connectivity index (χ3n) is 3.88. The Morgan fingerprint density at radius 1 is 1.23 bits per heavy atom. The first-order chi connectivity index (χ1) is 10.5. The minimum atomic E-state index is -0.477. The maximum Gasteiger partial charge on any atom is 0.321 e. The van der Waals surface area contributed by atoms with E-state index in [1.807, 2.05) is 31.2 Å². The van der Waals surface area contributed by atoms with Crippen LogP contribution in [0.15, 0.2) is 24.3 Å². The summed E-state index contributed by atoms with van der Waals surface area (Å²) in [5.74, 6) is -0.282. The fourth-order valence-electron chi connectivity index (χ4n) is 2.48. The van der Waals surface area contributed by atoms with E-state index in [4.69, 9.17) is 11.6 Å². The number of imide groups is 1. The molecule has 3 amide bonds. The van der Waals surface area contributed by atoms with E-state index in [1.165, 1.54) is 7.05 Å². The number of amides is 3. The number of rotatable bonds is 3. The van der Waals surface area contributed by atoms with Crippen LogP contribution < -0.4 is 15.5 Å². The Balaban J connectivity index is 1.89. The maximum atomic E-state index is 12.0. The zero-order valence-electron chi connectivity index (χ0n) is 12.8. The number of halogens is 1. The van der Waals surface area contributed by atoms with Crippen LogP contribution in [0.3, 0.4) is 0 Å². The van der Waals surface area contributed by atoms with E-state index in [9.17, 15) is 9.59 Å². The van der Waals surface area contributed by atoms with Gasteiger partial charge in [-0.05, 0) is 25.1 Å². The van der Waals surface area contributed by atoms with Gasteiger partial charge in [-0.25, -0.2) is 4.79 Å². The van der Waals surface area contributed by atoms with Crippen LogP contribution in [-0.2, 0) is 4.79 Å². The van der Waals surface area contributed by atoms with E-state index in [2.05, 4.69) is 20.4 Å². The molecule has 22 heavy (non-hydrogen) atoms. The minimum Gasteiger partial charge on any atom is -0.369 e. The predicted molar refractivity (Wildman–Crippen MR) is 87.3 cm³/mol. The molecule has 1 aromatic carbocycles. The molecule has 1 saturated heterocycles. The standard InChI is InChI=1S/C15H21ClN4O2/c1-11(14(21)18-15(22)17-2)19-6-8-20(9-7-19)13-5-3-4-12(16)10-13/h3-5,10-11H,6-9H2,1-2H3,(H2,17,18,21,22)/t11-/m0/s1. The summed E-state index contributed by atoms with van der Waals surface area (Å²) in [6.45, 7) is 4.97. The molecule has 120 valence electrons. The van der Waals surface area contributed by atoms with Crippen molar-refractivity contribution in [2.75, 3.05) is 38.1 Å². The molecule has 1 aromatic rings. The van der Waals surface area contributed by atoms with Crippen molar-refractivity contribution in [1.82, 2.24) is 15.5 Å². The van der Waals surface area contributed by atoms with Gasteiger partial charge < -0.3 is 10.2 Å². The molecule has 2 N–H and O–H groups in total. The molecule has 0 unspecified atom stereocenters. The average Bonchev–Trinajstić information content (AvgIpc) is 2.54. The highest BCUT2D eigenvalue weighted by molar-refractivity contribution is 6.30. The molecular formula is C15H21ClN4O2. The summed E-state index contributed by atoms with van der Waals surface area (Å²) < 4.78 is 0. The summed E-state index contributed by atoms with van der Waals surface area (Å²) in [5, 5.41) is 5.41. The molecule has 1 aliphatic rings. The molecule has 0 spiro atoms. The second-order valence-corrected chi connectivity index (χ2v) is 5.68. The van der Waals surface area contributed by atoms with Gasteiger partial charge in [-0.15, -0.1) is 0 Å². The first kappa shape index (κ1) is 16.6. The van der Waals surface area contributed by atoms with Crippen molar-refractivity contribution in [2.45, 2.75) is 13.0 Å². The largest absolute Gasteiger partial charge is 0.369 e. The van der Waals surface area contributed by atoms with Gasteiger partial charge in [-0.1, -0.05) is 17.7 Å². The third-order valence-corrected chi connectivity index (χ3v) is 4.11. The van der Waals surface area contributed by atoms with Crippen LogP contribution in [0.1, 0.15) is 6.92 Å². The molecule has 0 aromatic heterocycles. The predicted octanol–water partition coefficient (Wildman–Crippen LogP) is 1.31.